The summed E-state index contributed by atoms with van der Waals surface area (Å²) in [5.41, 5.74) is 0. The van der Waals surface area contributed by atoms with Crippen LogP contribution < -0.4 is 0 Å². The first-order valence-electron chi connectivity index (χ1n) is 12.2. The molecule has 0 amide bonds. The van der Waals surface area contributed by atoms with Gasteiger partial charge in [0.15, 0.2) is 12.6 Å². The van der Waals surface area contributed by atoms with Gasteiger partial charge in [0.05, 0.1) is 19.3 Å². The van der Waals surface area contributed by atoms with Crippen LogP contribution in [0.2, 0.25) is 0 Å². The second-order valence-corrected chi connectivity index (χ2v) is 7.87. The maximum Gasteiger partial charge on any atom is 0.184 e. The van der Waals surface area contributed by atoms with Crippen LogP contribution in [-0.4, -0.2) is 114 Å². The van der Waals surface area contributed by atoms with Crippen LogP contribution in [0.25, 0.3) is 0 Å². The van der Waals surface area contributed by atoms with Crippen LogP contribution in [0, 0.1) is 0 Å². The maximum atomic E-state index is 10.5. The lowest BCUT2D eigenvalue weighted by molar-refractivity contribution is -0.355. The Balaban J connectivity index is 2.27. The van der Waals surface area contributed by atoms with E-state index >= 15 is 0 Å². The van der Waals surface area contributed by atoms with Crippen molar-refractivity contribution in [2.75, 3.05) is 53.4 Å². The van der Waals surface area contributed by atoms with Crippen LogP contribution in [0.3, 0.4) is 0 Å². The number of rotatable bonds is 15. The van der Waals surface area contributed by atoms with Gasteiger partial charge in [-0.15, -0.1) is 0 Å². The molecule has 10 nitrogen and oxygen atoms in total. The number of ether oxygens (including phenoxy) is 9. The number of methoxy groups -OCH3 is 1. The van der Waals surface area contributed by atoms with Gasteiger partial charge in [-0.1, -0.05) is 0 Å². The summed E-state index contributed by atoms with van der Waals surface area (Å²) in [7, 11) is 1.51. The summed E-state index contributed by atoms with van der Waals surface area (Å²) in [4.78, 5) is 0. The highest BCUT2D eigenvalue weighted by Crippen LogP contribution is 2.32. The first-order valence-corrected chi connectivity index (χ1v) is 12.2. The van der Waals surface area contributed by atoms with Crippen molar-refractivity contribution >= 4 is 0 Å². The fourth-order valence-electron chi connectivity index (χ4n) is 4.31. The molecule has 196 valence electrons. The summed E-state index contributed by atoms with van der Waals surface area (Å²) in [5, 5.41) is 10.5. The molecule has 0 saturated carbocycles. The molecule has 0 aromatic heterocycles. The zero-order valence-electron chi connectivity index (χ0n) is 21.0. The number of aliphatic hydroxyl groups is 1. The normalized spacial score (nSPS) is 37.4. The minimum Gasteiger partial charge on any atom is -0.379 e. The van der Waals surface area contributed by atoms with Crippen LogP contribution in [0.4, 0.5) is 0 Å². The van der Waals surface area contributed by atoms with E-state index in [-0.39, 0.29) is 24.9 Å². The monoisotopic (exact) mass is 480 g/mol. The van der Waals surface area contributed by atoms with Gasteiger partial charge < -0.3 is 47.7 Å². The Labute approximate surface area is 198 Å². The molecular formula is C23H44O10. The molecule has 0 aromatic rings. The second-order valence-electron chi connectivity index (χ2n) is 7.87. The average Bonchev–Trinajstić information content (AvgIpc) is 2.80. The van der Waals surface area contributed by atoms with Gasteiger partial charge in [0.1, 0.15) is 36.6 Å². The van der Waals surface area contributed by atoms with Crippen molar-refractivity contribution in [2.24, 2.45) is 0 Å². The Morgan fingerprint density at radius 1 is 0.697 bits per heavy atom. The molecular weight excluding hydrogens is 436 g/mol. The standard InChI is InChI=1S/C23H44O10/c1-7-26-13-17-15(28-9-3)12-16(29-10-4)23(32-17)33-19-18(14-27-8-2)31-22(24)21(25-6)20(19)30-11-5/h15-24H,7-14H2,1-6H3. The summed E-state index contributed by atoms with van der Waals surface area (Å²) in [5.74, 6) is 0. The van der Waals surface area contributed by atoms with Crippen LogP contribution >= 0.6 is 0 Å². The Kier molecular flexibility index (Phi) is 13.6. The third-order valence-corrected chi connectivity index (χ3v) is 5.76. The predicted octanol–water partition coefficient (Wildman–Crippen LogP) is 1.51. The number of hydrogen-bond acceptors (Lipinski definition) is 10. The van der Waals surface area contributed by atoms with Crippen molar-refractivity contribution in [3.05, 3.63) is 0 Å². The lowest BCUT2D eigenvalue weighted by Gasteiger charge is -2.47. The van der Waals surface area contributed by atoms with E-state index < -0.39 is 37.0 Å². The van der Waals surface area contributed by atoms with Gasteiger partial charge in [0, 0.05) is 46.6 Å². The summed E-state index contributed by atoms with van der Waals surface area (Å²) < 4.78 is 53.3. The van der Waals surface area contributed by atoms with Crippen LogP contribution in [0.5, 0.6) is 0 Å². The molecule has 10 heteroatoms. The molecule has 2 heterocycles. The van der Waals surface area contributed by atoms with Gasteiger partial charge in [0.25, 0.3) is 0 Å². The summed E-state index contributed by atoms with van der Waals surface area (Å²) in [6, 6.07) is 0. The van der Waals surface area contributed by atoms with Crippen LogP contribution in [0.1, 0.15) is 41.0 Å². The average molecular weight is 481 g/mol. The zero-order valence-corrected chi connectivity index (χ0v) is 21.0. The van der Waals surface area contributed by atoms with Crippen LogP contribution in [-0.2, 0) is 42.6 Å². The van der Waals surface area contributed by atoms with Crippen molar-refractivity contribution in [2.45, 2.75) is 96.3 Å². The fraction of sp³-hybridized carbons (Fsp3) is 1.00. The number of hydrogen-bond donors (Lipinski definition) is 1. The maximum absolute atomic E-state index is 10.5. The van der Waals surface area contributed by atoms with Crippen molar-refractivity contribution in [1.29, 1.82) is 0 Å². The molecule has 0 bridgehead atoms. The Bertz CT molecular complexity index is 510. The summed E-state index contributed by atoms with van der Waals surface area (Å²) >= 11 is 0. The smallest absolute Gasteiger partial charge is 0.184 e. The summed E-state index contributed by atoms with van der Waals surface area (Å²) in [6.07, 6.45) is -4.62. The molecule has 33 heavy (non-hydrogen) atoms. The minimum absolute atomic E-state index is 0.170. The minimum atomic E-state index is -1.17. The lowest BCUT2D eigenvalue weighted by Crippen LogP contribution is -2.63. The van der Waals surface area contributed by atoms with E-state index in [1.807, 2.05) is 34.6 Å². The molecule has 9 unspecified atom stereocenters. The Morgan fingerprint density at radius 3 is 1.88 bits per heavy atom. The van der Waals surface area contributed by atoms with Crippen LogP contribution in [0.15, 0.2) is 0 Å². The third-order valence-electron chi connectivity index (χ3n) is 5.76. The molecule has 0 aromatic carbocycles. The molecule has 2 rings (SSSR count). The van der Waals surface area contributed by atoms with E-state index in [0.29, 0.717) is 46.1 Å². The zero-order chi connectivity index (χ0) is 24.2. The largest absolute Gasteiger partial charge is 0.379 e. The van der Waals surface area contributed by atoms with Crippen molar-refractivity contribution in [1.82, 2.24) is 0 Å². The molecule has 1 N–H and O–H groups in total. The SMILES string of the molecule is CCOCC1OC(OC2C(COCC)OC(O)C(OC)C2OCC)C(OCC)CC1OCC. The van der Waals surface area contributed by atoms with Gasteiger partial charge in [0.2, 0.25) is 0 Å². The molecule has 2 aliphatic rings. The highest BCUT2D eigenvalue weighted by atomic mass is 16.7. The molecule has 2 fully saturated rings. The Hall–Kier alpha value is -0.400. The van der Waals surface area contributed by atoms with Gasteiger partial charge in [-0.25, -0.2) is 0 Å². The van der Waals surface area contributed by atoms with Gasteiger partial charge >= 0.3 is 0 Å². The van der Waals surface area contributed by atoms with Crippen molar-refractivity contribution in [3.63, 3.8) is 0 Å². The number of aliphatic hydroxyl groups excluding tert-OH is 1. The lowest BCUT2D eigenvalue weighted by atomic mass is 9.97. The molecule has 0 spiro atoms. The Morgan fingerprint density at radius 2 is 1.30 bits per heavy atom. The second kappa shape index (κ2) is 15.6. The fourth-order valence-corrected chi connectivity index (χ4v) is 4.31. The third kappa shape index (κ3) is 8.06. The van der Waals surface area contributed by atoms with E-state index in [9.17, 15) is 5.11 Å². The topological polar surface area (TPSA) is 103 Å². The van der Waals surface area contributed by atoms with Crippen molar-refractivity contribution < 1.29 is 47.7 Å². The van der Waals surface area contributed by atoms with E-state index in [1.54, 1.807) is 0 Å². The highest BCUT2D eigenvalue weighted by molar-refractivity contribution is 4.94. The van der Waals surface area contributed by atoms with Gasteiger partial charge in [-0.2, -0.15) is 0 Å². The van der Waals surface area contributed by atoms with E-state index in [1.165, 1.54) is 7.11 Å². The molecule has 2 saturated heterocycles. The molecule has 9 atom stereocenters. The van der Waals surface area contributed by atoms with E-state index in [4.69, 9.17) is 42.6 Å². The molecule has 0 aliphatic carbocycles. The van der Waals surface area contributed by atoms with E-state index in [0.717, 1.165) is 0 Å². The van der Waals surface area contributed by atoms with E-state index in [2.05, 4.69) is 0 Å². The predicted molar refractivity (Wildman–Crippen MR) is 119 cm³/mol. The first kappa shape index (κ1) is 28.8. The quantitative estimate of drug-likeness (QED) is 0.371. The molecule has 0 radical (unpaired) electrons. The van der Waals surface area contributed by atoms with Gasteiger partial charge in [-0.3, -0.25) is 0 Å². The molecule has 2 aliphatic heterocycles. The van der Waals surface area contributed by atoms with Gasteiger partial charge in [-0.05, 0) is 34.6 Å². The first-order chi connectivity index (χ1) is 16.0. The van der Waals surface area contributed by atoms with Crippen molar-refractivity contribution in [3.8, 4) is 0 Å². The highest BCUT2D eigenvalue weighted by Gasteiger charge is 2.50. The summed E-state index contributed by atoms with van der Waals surface area (Å²) in [6.45, 7) is 12.8.